The van der Waals surface area contributed by atoms with Crippen molar-refractivity contribution in [3.63, 3.8) is 0 Å². The van der Waals surface area contributed by atoms with E-state index in [0.29, 0.717) is 15.9 Å². The van der Waals surface area contributed by atoms with Crippen molar-refractivity contribution in [3.05, 3.63) is 90.9 Å². The van der Waals surface area contributed by atoms with Crippen LogP contribution in [0.25, 0.3) is 15.9 Å². The van der Waals surface area contributed by atoms with Gasteiger partial charge in [0.05, 0.1) is 11.2 Å². The normalized spacial score (nSPS) is 11.1. The van der Waals surface area contributed by atoms with E-state index in [-0.39, 0.29) is 18.0 Å². The van der Waals surface area contributed by atoms with Crippen LogP contribution in [-0.4, -0.2) is 15.0 Å². The number of benzene rings is 2. The van der Waals surface area contributed by atoms with Crippen LogP contribution in [0.3, 0.4) is 0 Å². The fourth-order valence-electron chi connectivity index (χ4n) is 3.94. The number of aromatic nitrogens is 2. The number of carbonyl (C=O) groups is 1. The van der Waals surface area contributed by atoms with Crippen LogP contribution in [0.1, 0.15) is 29.2 Å². The number of carbonyl (C=O) groups excluding carboxylic acids is 1. The van der Waals surface area contributed by atoms with Gasteiger partial charge in [-0.05, 0) is 67.0 Å². The summed E-state index contributed by atoms with van der Waals surface area (Å²) >= 11 is 1.27. The van der Waals surface area contributed by atoms with Crippen LogP contribution < -0.4 is 16.6 Å². The standard InChI is InChI=1S/C25H25N3O3S/c1-5-18-8-6-7-17(4)22(18)26-21(29)14-27-19-11-12-32-23(19)24(30)28(25(27)31)20-13-15(2)9-10-16(20)3/h6-13H,5,14H2,1-4H3,(H,26,29). The highest BCUT2D eigenvalue weighted by Crippen LogP contribution is 2.22. The van der Waals surface area contributed by atoms with Crippen molar-refractivity contribution in [1.29, 1.82) is 0 Å². The van der Waals surface area contributed by atoms with Crippen LogP contribution in [0.4, 0.5) is 5.69 Å². The highest BCUT2D eigenvalue weighted by molar-refractivity contribution is 7.17. The first-order chi connectivity index (χ1) is 15.3. The van der Waals surface area contributed by atoms with E-state index < -0.39 is 5.69 Å². The van der Waals surface area contributed by atoms with E-state index in [1.54, 1.807) is 11.4 Å². The van der Waals surface area contributed by atoms with Crippen molar-refractivity contribution in [3.8, 4) is 5.69 Å². The largest absolute Gasteiger partial charge is 0.336 e. The molecule has 1 N–H and O–H groups in total. The molecule has 6 nitrogen and oxygen atoms in total. The predicted octanol–water partition coefficient (Wildman–Crippen LogP) is 4.34. The average molecular weight is 448 g/mol. The molecule has 0 bridgehead atoms. The Kier molecular flexibility index (Phi) is 5.84. The van der Waals surface area contributed by atoms with Crippen molar-refractivity contribution >= 4 is 33.1 Å². The molecule has 2 heterocycles. The van der Waals surface area contributed by atoms with Gasteiger partial charge < -0.3 is 5.32 Å². The molecule has 4 rings (SSSR count). The Bertz CT molecular complexity index is 1460. The SMILES string of the molecule is CCc1cccc(C)c1NC(=O)Cn1c(=O)n(-c2cc(C)ccc2C)c(=O)c2sccc21. The smallest absolute Gasteiger partial charge is 0.324 e. The van der Waals surface area contributed by atoms with Crippen molar-refractivity contribution in [2.45, 2.75) is 40.7 Å². The molecule has 0 atom stereocenters. The number of thiophene rings is 1. The number of aryl methyl sites for hydroxylation is 4. The molecule has 0 aliphatic heterocycles. The molecule has 1 amide bonds. The Morgan fingerprint density at radius 1 is 1.03 bits per heavy atom. The molecule has 32 heavy (non-hydrogen) atoms. The van der Waals surface area contributed by atoms with Gasteiger partial charge in [-0.2, -0.15) is 0 Å². The lowest BCUT2D eigenvalue weighted by molar-refractivity contribution is -0.116. The summed E-state index contributed by atoms with van der Waals surface area (Å²) in [4.78, 5) is 39.7. The Hall–Kier alpha value is -3.45. The third kappa shape index (κ3) is 3.80. The number of rotatable bonds is 5. The lowest BCUT2D eigenvalue weighted by Crippen LogP contribution is -2.40. The van der Waals surface area contributed by atoms with Gasteiger partial charge in [-0.1, -0.05) is 37.3 Å². The van der Waals surface area contributed by atoms with Gasteiger partial charge in [-0.15, -0.1) is 11.3 Å². The Morgan fingerprint density at radius 2 is 1.81 bits per heavy atom. The summed E-state index contributed by atoms with van der Waals surface area (Å²) in [6.07, 6.45) is 0.781. The maximum absolute atomic E-state index is 13.5. The maximum atomic E-state index is 13.5. The first-order valence-electron chi connectivity index (χ1n) is 10.5. The van der Waals surface area contributed by atoms with Crippen LogP contribution in [-0.2, 0) is 17.8 Å². The monoisotopic (exact) mass is 447 g/mol. The minimum Gasteiger partial charge on any atom is -0.324 e. The molecule has 0 unspecified atom stereocenters. The molecule has 0 aliphatic carbocycles. The van der Waals surface area contributed by atoms with Gasteiger partial charge >= 0.3 is 5.69 Å². The maximum Gasteiger partial charge on any atom is 0.336 e. The van der Waals surface area contributed by atoms with E-state index in [2.05, 4.69) is 5.32 Å². The number of hydrogen-bond donors (Lipinski definition) is 1. The molecule has 2 aromatic heterocycles. The van der Waals surface area contributed by atoms with Gasteiger partial charge in [0.25, 0.3) is 5.56 Å². The number of para-hydroxylation sites is 1. The number of anilines is 1. The fourth-order valence-corrected chi connectivity index (χ4v) is 4.76. The fraction of sp³-hybridized carbons (Fsp3) is 0.240. The molecule has 0 fully saturated rings. The Morgan fingerprint density at radius 3 is 2.56 bits per heavy atom. The quantitative estimate of drug-likeness (QED) is 0.495. The van der Waals surface area contributed by atoms with E-state index in [1.807, 2.05) is 64.1 Å². The third-order valence-electron chi connectivity index (χ3n) is 5.67. The van der Waals surface area contributed by atoms with E-state index in [4.69, 9.17) is 0 Å². The van der Waals surface area contributed by atoms with Crippen molar-refractivity contribution in [2.75, 3.05) is 5.32 Å². The van der Waals surface area contributed by atoms with Gasteiger partial charge in [0.1, 0.15) is 11.2 Å². The molecule has 4 aromatic rings. The third-order valence-corrected chi connectivity index (χ3v) is 6.56. The molecular weight excluding hydrogens is 422 g/mol. The van der Waals surface area contributed by atoms with E-state index in [9.17, 15) is 14.4 Å². The van der Waals surface area contributed by atoms with Crippen molar-refractivity contribution in [2.24, 2.45) is 0 Å². The number of nitrogens with zero attached hydrogens (tertiary/aromatic N) is 2. The molecule has 0 saturated carbocycles. The van der Waals surface area contributed by atoms with E-state index >= 15 is 0 Å². The summed E-state index contributed by atoms with van der Waals surface area (Å²) < 4.78 is 3.01. The van der Waals surface area contributed by atoms with Gasteiger partial charge in [0, 0.05) is 5.69 Å². The Labute approximate surface area is 189 Å². The summed E-state index contributed by atoms with van der Waals surface area (Å²) in [6, 6.07) is 13.2. The summed E-state index contributed by atoms with van der Waals surface area (Å²) in [5.41, 5.74) is 4.66. The highest BCUT2D eigenvalue weighted by Gasteiger charge is 2.19. The summed E-state index contributed by atoms with van der Waals surface area (Å²) in [5, 5.41) is 4.74. The second-order valence-electron chi connectivity index (χ2n) is 7.94. The zero-order valence-corrected chi connectivity index (χ0v) is 19.4. The zero-order chi connectivity index (χ0) is 23.0. The van der Waals surface area contributed by atoms with Crippen molar-refractivity contribution < 1.29 is 4.79 Å². The lowest BCUT2D eigenvalue weighted by atomic mass is 10.1. The topological polar surface area (TPSA) is 73.1 Å². The molecule has 0 spiro atoms. The predicted molar refractivity (Wildman–Crippen MR) is 130 cm³/mol. The second-order valence-corrected chi connectivity index (χ2v) is 8.86. The minimum absolute atomic E-state index is 0.186. The van der Waals surface area contributed by atoms with Crippen LogP contribution in [0, 0.1) is 20.8 Å². The summed E-state index contributed by atoms with van der Waals surface area (Å²) in [5.74, 6) is -0.310. The van der Waals surface area contributed by atoms with Crippen LogP contribution >= 0.6 is 11.3 Å². The minimum atomic E-state index is -0.523. The molecule has 0 aliphatic rings. The molecular formula is C25H25N3O3S. The first kappa shape index (κ1) is 21.8. The summed E-state index contributed by atoms with van der Waals surface area (Å²) in [7, 11) is 0. The van der Waals surface area contributed by atoms with E-state index in [1.165, 1.54) is 20.5 Å². The zero-order valence-electron chi connectivity index (χ0n) is 18.6. The number of fused-ring (bicyclic) bond motifs is 1. The lowest BCUT2D eigenvalue weighted by Gasteiger charge is -2.16. The van der Waals surface area contributed by atoms with Crippen LogP contribution in [0.5, 0.6) is 0 Å². The van der Waals surface area contributed by atoms with Crippen LogP contribution in [0.2, 0.25) is 0 Å². The Balaban J connectivity index is 1.83. The molecule has 2 aromatic carbocycles. The summed E-state index contributed by atoms with van der Waals surface area (Å²) in [6.45, 7) is 7.56. The molecule has 0 saturated heterocycles. The van der Waals surface area contributed by atoms with Gasteiger partial charge in [-0.25, -0.2) is 9.36 Å². The van der Waals surface area contributed by atoms with E-state index in [0.717, 1.165) is 34.4 Å². The molecule has 164 valence electrons. The van der Waals surface area contributed by atoms with Crippen molar-refractivity contribution in [1.82, 2.24) is 9.13 Å². The number of nitrogens with one attached hydrogen (secondary N) is 1. The molecule has 0 radical (unpaired) electrons. The second kappa shape index (κ2) is 8.59. The van der Waals surface area contributed by atoms with Gasteiger partial charge in [0.15, 0.2) is 0 Å². The number of hydrogen-bond acceptors (Lipinski definition) is 4. The van der Waals surface area contributed by atoms with Crippen LogP contribution in [0.15, 0.2) is 57.4 Å². The molecule has 7 heteroatoms. The highest BCUT2D eigenvalue weighted by atomic mass is 32.1. The number of amides is 1. The first-order valence-corrected chi connectivity index (χ1v) is 11.4. The van der Waals surface area contributed by atoms with Gasteiger partial charge in [0.2, 0.25) is 5.91 Å². The van der Waals surface area contributed by atoms with Gasteiger partial charge in [-0.3, -0.25) is 14.2 Å². The average Bonchev–Trinajstić information content (AvgIpc) is 3.25.